The third kappa shape index (κ3) is 4.10. The summed E-state index contributed by atoms with van der Waals surface area (Å²) in [6.45, 7) is 5.13. The van der Waals surface area contributed by atoms with Gasteiger partial charge in [0.25, 0.3) is 0 Å². The number of piperidine rings is 1. The predicted molar refractivity (Wildman–Crippen MR) is 123 cm³/mol. The molecule has 1 N–H and O–H groups in total. The van der Waals surface area contributed by atoms with Gasteiger partial charge < -0.3 is 19.5 Å². The Labute approximate surface area is 190 Å². The van der Waals surface area contributed by atoms with Gasteiger partial charge in [0, 0.05) is 30.2 Å². The summed E-state index contributed by atoms with van der Waals surface area (Å²) in [5.74, 6) is 1.95. The smallest absolute Gasteiger partial charge is 0.165 e. The highest BCUT2D eigenvalue weighted by molar-refractivity contribution is 6.41. The van der Waals surface area contributed by atoms with E-state index in [-0.39, 0.29) is 0 Å². The van der Waals surface area contributed by atoms with Gasteiger partial charge in [-0.15, -0.1) is 0 Å². The van der Waals surface area contributed by atoms with Crippen LogP contribution in [0.3, 0.4) is 0 Å². The van der Waals surface area contributed by atoms with Crippen molar-refractivity contribution in [1.29, 1.82) is 0 Å². The molecule has 1 aliphatic heterocycles. The fraction of sp³-hybridized carbons (Fsp3) is 0.409. The quantitative estimate of drug-likeness (QED) is 0.602. The Morgan fingerprint density at radius 1 is 1.03 bits per heavy atom. The largest absolute Gasteiger partial charge is 0.495 e. The van der Waals surface area contributed by atoms with E-state index in [2.05, 4.69) is 9.88 Å². The highest BCUT2D eigenvalue weighted by atomic mass is 35.5. The number of aryl methyl sites for hydroxylation is 1. The van der Waals surface area contributed by atoms with Crippen LogP contribution in [-0.4, -0.2) is 53.0 Å². The third-order valence-electron chi connectivity index (χ3n) is 5.64. The molecule has 0 amide bonds. The van der Waals surface area contributed by atoms with E-state index in [0.29, 0.717) is 64.4 Å². The minimum Gasteiger partial charge on any atom is -0.495 e. The highest BCUT2D eigenvalue weighted by Gasteiger charge is 2.30. The lowest BCUT2D eigenvalue weighted by molar-refractivity contribution is 0.0350. The summed E-state index contributed by atoms with van der Waals surface area (Å²) in [6, 6.07) is 3.60. The summed E-state index contributed by atoms with van der Waals surface area (Å²) in [6.07, 6.45) is 3.01. The first-order valence-corrected chi connectivity index (χ1v) is 10.7. The second-order valence-electron chi connectivity index (χ2n) is 7.98. The lowest BCUT2D eigenvalue weighted by Gasteiger charge is -2.37. The monoisotopic (exact) mass is 462 g/mol. The normalized spacial score (nSPS) is 15.9. The van der Waals surface area contributed by atoms with E-state index >= 15 is 0 Å². The van der Waals surface area contributed by atoms with Crippen molar-refractivity contribution in [2.45, 2.75) is 32.3 Å². The number of benzene rings is 1. The number of methoxy groups -OCH3 is 2. The van der Waals surface area contributed by atoms with Crippen LogP contribution in [0.25, 0.3) is 22.3 Å². The van der Waals surface area contributed by atoms with Gasteiger partial charge in [0.1, 0.15) is 17.3 Å². The zero-order chi connectivity index (χ0) is 22.3. The first-order chi connectivity index (χ1) is 14.7. The lowest BCUT2D eigenvalue weighted by atomic mass is 9.94. The minimum atomic E-state index is -0.674. The summed E-state index contributed by atoms with van der Waals surface area (Å²) in [7, 11) is 3.05. The second kappa shape index (κ2) is 8.30. The first kappa shape index (κ1) is 21.9. The topological polar surface area (TPSA) is 80.6 Å². The van der Waals surface area contributed by atoms with Crippen LogP contribution in [0.15, 0.2) is 18.3 Å². The molecule has 0 atom stereocenters. The first-order valence-electron chi connectivity index (χ1n) is 9.96. The van der Waals surface area contributed by atoms with Gasteiger partial charge in [0.15, 0.2) is 5.82 Å². The summed E-state index contributed by atoms with van der Waals surface area (Å²) < 4.78 is 10.8. The van der Waals surface area contributed by atoms with E-state index in [1.807, 2.05) is 19.9 Å². The van der Waals surface area contributed by atoms with Gasteiger partial charge in [-0.25, -0.2) is 9.97 Å². The molecule has 1 fully saturated rings. The van der Waals surface area contributed by atoms with Gasteiger partial charge in [-0.1, -0.05) is 23.2 Å². The van der Waals surface area contributed by atoms with Gasteiger partial charge in [0.05, 0.1) is 47.1 Å². The molecule has 31 heavy (non-hydrogen) atoms. The number of hydrogen-bond acceptors (Lipinski definition) is 7. The van der Waals surface area contributed by atoms with Crippen molar-refractivity contribution < 1.29 is 14.6 Å². The van der Waals surface area contributed by atoms with Crippen molar-refractivity contribution in [2.75, 3.05) is 32.2 Å². The van der Waals surface area contributed by atoms with Crippen LogP contribution in [0.5, 0.6) is 11.5 Å². The van der Waals surface area contributed by atoms with E-state index in [4.69, 9.17) is 42.6 Å². The molecule has 0 bridgehead atoms. The van der Waals surface area contributed by atoms with Gasteiger partial charge in [-0.3, -0.25) is 4.98 Å². The molecule has 7 nitrogen and oxygen atoms in total. The molecule has 1 aromatic carbocycles. The predicted octanol–water partition coefficient (Wildman–Crippen LogP) is 4.68. The molecule has 164 valence electrons. The number of halogens is 2. The van der Waals surface area contributed by atoms with Crippen LogP contribution in [0.2, 0.25) is 10.0 Å². The van der Waals surface area contributed by atoms with Gasteiger partial charge >= 0.3 is 0 Å². The number of ether oxygens (including phenoxy) is 2. The van der Waals surface area contributed by atoms with E-state index in [9.17, 15) is 5.11 Å². The fourth-order valence-corrected chi connectivity index (χ4v) is 4.43. The van der Waals surface area contributed by atoms with Crippen molar-refractivity contribution >= 4 is 39.9 Å². The average molecular weight is 463 g/mol. The maximum absolute atomic E-state index is 10.4. The molecule has 0 radical (unpaired) electrons. The lowest BCUT2D eigenvalue weighted by Crippen LogP contribution is -2.42. The van der Waals surface area contributed by atoms with E-state index in [1.54, 1.807) is 12.3 Å². The molecule has 1 saturated heterocycles. The Bertz CT molecular complexity index is 1120. The zero-order valence-corrected chi connectivity index (χ0v) is 19.4. The molecule has 0 aliphatic carbocycles. The molecule has 0 unspecified atom stereocenters. The highest BCUT2D eigenvalue weighted by Crippen LogP contribution is 2.45. The minimum absolute atomic E-state index is 0.306. The van der Waals surface area contributed by atoms with Crippen LogP contribution in [0.1, 0.15) is 25.5 Å². The van der Waals surface area contributed by atoms with Crippen molar-refractivity contribution in [3.05, 3.63) is 34.1 Å². The third-order valence-corrected chi connectivity index (χ3v) is 6.39. The number of anilines is 1. The summed E-state index contributed by atoms with van der Waals surface area (Å²) in [5, 5.41) is 11.9. The maximum Gasteiger partial charge on any atom is 0.165 e. The Morgan fingerprint density at radius 2 is 1.65 bits per heavy atom. The van der Waals surface area contributed by atoms with Gasteiger partial charge in [0.2, 0.25) is 0 Å². The van der Waals surface area contributed by atoms with Crippen molar-refractivity contribution in [2.24, 2.45) is 0 Å². The Kier molecular flexibility index (Phi) is 5.85. The summed E-state index contributed by atoms with van der Waals surface area (Å²) >= 11 is 13.2. The number of nitrogens with zero attached hydrogens (tertiary/aromatic N) is 4. The second-order valence-corrected chi connectivity index (χ2v) is 8.74. The zero-order valence-electron chi connectivity index (χ0n) is 17.9. The number of fused-ring (bicyclic) bond motifs is 1. The molecular weight excluding hydrogens is 439 g/mol. The van der Waals surface area contributed by atoms with E-state index < -0.39 is 5.60 Å². The molecule has 1 aliphatic rings. The van der Waals surface area contributed by atoms with Gasteiger partial charge in [-0.2, -0.15) is 0 Å². The summed E-state index contributed by atoms with van der Waals surface area (Å²) in [4.78, 5) is 16.2. The van der Waals surface area contributed by atoms with Crippen molar-refractivity contribution in [3.8, 4) is 22.9 Å². The number of pyridine rings is 1. The van der Waals surface area contributed by atoms with Crippen LogP contribution < -0.4 is 14.4 Å². The number of aromatic nitrogens is 3. The van der Waals surface area contributed by atoms with Crippen LogP contribution in [0, 0.1) is 6.92 Å². The van der Waals surface area contributed by atoms with E-state index in [0.717, 1.165) is 16.9 Å². The van der Waals surface area contributed by atoms with Crippen LogP contribution in [-0.2, 0) is 0 Å². The molecule has 9 heteroatoms. The molecule has 0 spiro atoms. The SMILES string of the molecule is COc1cc(OC)c(Cl)c(-c2nc(N3CCC(C)(O)CC3)c3cc(C)ncc3n2)c1Cl. The molecular formula is C22H24Cl2N4O3. The maximum atomic E-state index is 10.4. The van der Waals surface area contributed by atoms with Crippen molar-refractivity contribution in [1.82, 2.24) is 15.0 Å². The molecule has 4 rings (SSSR count). The number of hydrogen-bond donors (Lipinski definition) is 1. The Balaban J connectivity index is 1.94. The van der Waals surface area contributed by atoms with Crippen molar-refractivity contribution in [3.63, 3.8) is 0 Å². The molecule has 2 aromatic heterocycles. The standard InChI is InChI=1S/C22H24Cl2N4O3/c1-12-9-13-14(11-25-12)26-20(27-21(13)28-7-5-22(2,29)6-8-28)17-18(23)15(30-3)10-16(31-4)19(17)24/h9-11,29H,5-8H2,1-4H3. The number of rotatable bonds is 4. The molecule has 3 heterocycles. The Morgan fingerprint density at radius 3 is 2.23 bits per heavy atom. The van der Waals surface area contributed by atoms with Crippen LogP contribution in [0.4, 0.5) is 5.82 Å². The molecule has 3 aromatic rings. The number of aliphatic hydroxyl groups is 1. The Hall–Kier alpha value is -2.35. The average Bonchev–Trinajstić information content (AvgIpc) is 2.74. The van der Waals surface area contributed by atoms with E-state index in [1.165, 1.54) is 14.2 Å². The summed E-state index contributed by atoms with van der Waals surface area (Å²) in [5.41, 5.74) is 1.31. The van der Waals surface area contributed by atoms with Crippen LogP contribution >= 0.6 is 23.2 Å². The van der Waals surface area contributed by atoms with Gasteiger partial charge in [-0.05, 0) is 32.8 Å². The fourth-order valence-electron chi connectivity index (χ4n) is 3.76. The molecule has 0 saturated carbocycles.